The van der Waals surface area contributed by atoms with E-state index in [0.717, 1.165) is 25.9 Å². The molecule has 0 saturated carbocycles. The topological polar surface area (TPSA) is 67.9 Å². The van der Waals surface area contributed by atoms with Crippen molar-refractivity contribution in [3.8, 4) is 0 Å². The second-order valence-corrected chi connectivity index (χ2v) is 6.05. The third-order valence-electron chi connectivity index (χ3n) is 4.17. The number of rotatable bonds is 6. The lowest BCUT2D eigenvalue weighted by Crippen LogP contribution is -2.33. The molecule has 1 aromatic carbocycles. The van der Waals surface area contributed by atoms with Gasteiger partial charge in [0.15, 0.2) is 0 Å². The average Bonchev–Trinajstić information content (AvgIpc) is 2.60. The van der Waals surface area contributed by atoms with E-state index in [0.29, 0.717) is 18.0 Å². The summed E-state index contributed by atoms with van der Waals surface area (Å²) < 4.78 is 11.2. The van der Waals surface area contributed by atoms with Crippen molar-refractivity contribution in [1.29, 1.82) is 0 Å². The van der Waals surface area contributed by atoms with Crippen LogP contribution in [0.2, 0.25) is 0 Å². The predicted octanol–water partition coefficient (Wildman–Crippen LogP) is 2.58. The fraction of sp³-hybridized carbons (Fsp3) is 0.556. The van der Waals surface area contributed by atoms with E-state index in [-0.39, 0.29) is 17.9 Å². The quantitative estimate of drug-likeness (QED) is 0.868. The molecule has 0 aliphatic carbocycles. The van der Waals surface area contributed by atoms with Crippen LogP contribution in [0.1, 0.15) is 33.1 Å². The summed E-state index contributed by atoms with van der Waals surface area (Å²) in [6.45, 7) is 4.38. The first-order valence-electron chi connectivity index (χ1n) is 8.36. The molecule has 1 aliphatic rings. The van der Waals surface area contributed by atoms with Crippen molar-refractivity contribution in [2.75, 3.05) is 30.5 Å². The number of carbonyl (C=O) groups is 2. The highest BCUT2D eigenvalue weighted by atomic mass is 16.5. The number of anilines is 2. The Kier molecular flexibility index (Phi) is 6.75. The highest BCUT2D eigenvalue weighted by molar-refractivity contribution is 6.01. The Balaban J connectivity index is 1.92. The summed E-state index contributed by atoms with van der Waals surface area (Å²) in [6.07, 6.45) is 2.68. The van der Waals surface area contributed by atoms with Crippen LogP contribution < -0.4 is 10.2 Å². The third-order valence-corrected chi connectivity index (χ3v) is 4.17. The van der Waals surface area contributed by atoms with Gasteiger partial charge in [-0.05, 0) is 38.3 Å². The van der Waals surface area contributed by atoms with Crippen LogP contribution in [-0.2, 0) is 19.1 Å². The Hall–Kier alpha value is -1.92. The lowest BCUT2D eigenvalue weighted by Gasteiger charge is -2.24. The monoisotopic (exact) mass is 334 g/mol. The summed E-state index contributed by atoms with van der Waals surface area (Å²) in [4.78, 5) is 25.4. The first-order chi connectivity index (χ1) is 11.5. The molecule has 1 fully saturated rings. The Morgan fingerprint density at radius 3 is 2.79 bits per heavy atom. The van der Waals surface area contributed by atoms with E-state index in [1.165, 1.54) is 11.8 Å². The normalized spacial score (nSPS) is 18.7. The minimum Gasteiger partial charge on any atom is -0.376 e. The molecule has 0 bridgehead atoms. The maximum Gasteiger partial charge on any atom is 0.253 e. The van der Waals surface area contributed by atoms with Crippen molar-refractivity contribution in [2.24, 2.45) is 0 Å². The molecule has 24 heavy (non-hydrogen) atoms. The fourth-order valence-corrected chi connectivity index (χ4v) is 2.54. The number of benzene rings is 1. The lowest BCUT2D eigenvalue weighted by molar-refractivity contribution is -0.130. The second kappa shape index (κ2) is 8.80. The molecular formula is C18H26N2O4. The molecule has 2 rings (SSSR count). The van der Waals surface area contributed by atoms with E-state index in [9.17, 15) is 9.59 Å². The van der Waals surface area contributed by atoms with E-state index >= 15 is 0 Å². The lowest BCUT2D eigenvalue weighted by atomic mass is 10.1. The molecule has 0 aromatic heterocycles. The van der Waals surface area contributed by atoms with Gasteiger partial charge in [0.25, 0.3) is 5.91 Å². The van der Waals surface area contributed by atoms with Crippen LogP contribution >= 0.6 is 0 Å². The van der Waals surface area contributed by atoms with Gasteiger partial charge in [-0.2, -0.15) is 0 Å². The number of nitrogens with one attached hydrogen (secondary N) is 1. The molecule has 132 valence electrons. The standard InChI is InChI=1S/C18H26N2O4/c1-13(24-12-15-8-6-7-11-23-15)18(22)19-16-9-4-5-10-17(16)20(3)14(2)21/h4-5,9-10,13,15H,6-8,11-12H2,1-3H3,(H,19,22)/t13-,15+/m0/s1. The van der Waals surface area contributed by atoms with Crippen LogP contribution in [0.3, 0.4) is 0 Å². The van der Waals surface area contributed by atoms with Crippen LogP contribution in [0.4, 0.5) is 11.4 Å². The summed E-state index contributed by atoms with van der Waals surface area (Å²) in [6, 6.07) is 7.20. The molecule has 1 heterocycles. The fourth-order valence-electron chi connectivity index (χ4n) is 2.54. The van der Waals surface area contributed by atoms with Crippen LogP contribution in [0.25, 0.3) is 0 Å². The highest BCUT2D eigenvalue weighted by Gasteiger charge is 2.20. The molecule has 1 aliphatic heterocycles. The van der Waals surface area contributed by atoms with E-state index in [1.807, 2.05) is 12.1 Å². The van der Waals surface area contributed by atoms with Gasteiger partial charge in [0.1, 0.15) is 6.10 Å². The number of amides is 2. The summed E-state index contributed by atoms with van der Waals surface area (Å²) in [5, 5.41) is 2.84. The molecule has 0 spiro atoms. The van der Waals surface area contributed by atoms with Gasteiger partial charge in [-0.3, -0.25) is 9.59 Å². The van der Waals surface area contributed by atoms with Crippen molar-refractivity contribution >= 4 is 23.2 Å². The SMILES string of the molecule is CC(=O)N(C)c1ccccc1NC(=O)[C@H](C)OC[C@H]1CCCCO1. The number of carbonyl (C=O) groups excluding carboxylic acids is 2. The number of ether oxygens (including phenoxy) is 2. The molecular weight excluding hydrogens is 308 g/mol. The Labute approximate surface area is 143 Å². The zero-order valence-electron chi connectivity index (χ0n) is 14.6. The number of para-hydroxylation sites is 2. The molecule has 2 atom stereocenters. The van der Waals surface area contributed by atoms with Gasteiger partial charge in [0, 0.05) is 20.6 Å². The maximum atomic E-state index is 12.3. The van der Waals surface area contributed by atoms with E-state index in [4.69, 9.17) is 9.47 Å². The van der Waals surface area contributed by atoms with Crippen LogP contribution in [0.15, 0.2) is 24.3 Å². The van der Waals surface area contributed by atoms with Crippen molar-refractivity contribution in [3.63, 3.8) is 0 Å². The molecule has 6 nitrogen and oxygen atoms in total. The summed E-state index contributed by atoms with van der Waals surface area (Å²) in [7, 11) is 1.67. The summed E-state index contributed by atoms with van der Waals surface area (Å²) in [5.41, 5.74) is 1.24. The van der Waals surface area contributed by atoms with E-state index in [1.54, 1.807) is 26.1 Å². The summed E-state index contributed by atoms with van der Waals surface area (Å²) >= 11 is 0. The second-order valence-electron chi connectivity index (χ2n) is 6.05. The largest absolute Gasteiger partial charge is 0.376 e. The number of hydrogen-bond acceptors (Lipinski definition) is 4. The number of hydrogen-bond donors (Lipinski definition) is 1. The first kappa shape index (κ1) is 18.4. The first-order valence-corrected chi connectivity index (χ1v) is 8.36. The zero-order chi connectivity index (χ0) is 17.5. The van der Waals surface area contributed by atoms with Gasteiger partial charge >= 0.3 is 0 Å². The average molecular weight is 334 g/mol. The van der Waals surface area contributed by atoms with E-state index < -0.39 is 6.10 Å². The predicted molar refractivity (Wildman–Crippen MR) is 93.2 cm³/mol. The van der Waals surface area contributed by atoms with Crippen LogP contribution in [-0.4, -0.2) is 44.3 Å². The van der Waals surface area contributed by atoms with Crippen molar-refractivity contribution in [1.82, 2.24) is 0 Å². The van der Waals surface area contributed by atoms with Gasteiger partial charge in [-0.15, -0.1) is 0 Å². The van der Waals surface area contributed by atoms with Gasteiger partial charge < -0.3 is 19.7 Å². The Bertz CT molecular complexity index is 570. The minimum absolute atomic E-state index is 0.0742. The molecule has 6 heteroatoms. The van der Waals surface area contributed by atoms with Gasteiger partial charge in [-0.1, -0.05) is 12.1 Å². The molecule has 2 amide bonds. The van der Waals surface area contributed by atoms with Crippen molar-refractivity contribution in [3.05, 3.63) is 24.3 Å². The minimum atomic E-state index is -0.591. The van der Waals surface area contributed by atoms with E-state index in [2.05, 4.69) is 5.32 Å². The van der Waals surface area contributed by atoms with Gasteiger partial charge in [0.2, 0.25) is 5.91 Å². The molecule has 1 N–H and O–H groups in total. The zero-order valence-corrected chi connectivity index (χ0v) is 14.6. The third kappa shape index (κ3) is 5.04. The van der Waals surface area contributed by atoms with Crippen LogP contribution in [0.5, 0.6) is 0 Å². The van der Waals surface area contributed by atoms with Crippen molar-refractivity contribution < 1.29 is 19.1 Å². The van der Waals surface area contributed by atoms with Gasteiger partial charge in [0.05, 0.1) is 24.1 Å². The van der Waals surface area contributed by atoms with Crippen molar-refractivity contribution in [2.45, 2.75) is 45.3 Å². The molecule has 0 unspecified atom stereocenters. The molecule has 1 saturated heterocycles. The Morgan fingerprint density at radius 1 is 1.38 bits per heavy atom. The Morgan fingerprint density at radius 2 is 2.12 bits per heavy atom. The number of nitrogens with zero attached hydrogens (tertiary/aromatic N) is 1. The maximum absolute atomic E-state index is 12.3. The summed E-state index contributed by atoms with van der Waals surface area (Å²) in [5.74, 6) is -0.342. The van der Waals surface area contributed by atoms with Crippen LogP contribution in [0, 0.1) is 0 Å². The van der Waals surface area contributed by atoms with Gasteiger partial charge in [-0.25, -0.2) is 0 Å². The molecule has 0 radical (unpaired) electrons. The smallest absolute Gasteiger partial charge is 0.253 e. The highest BCUT2D eigenvalue weighted by Crippen LogP contribution is 2.25. The molecule has 1 aromatic rings.